The van der Waals surface area contributed by atoms with Gasteiger partial charge in [0, 0.05) is 15.8 Å². The predicted molar refractivity (Wildman–Crippen MR) is 137 cm³/mol. The SMILES string of the molecule is CCCCc1ccc(-n2nc3cc(C)c(NC(=O)c4sc5ccccc5c4Cl)cc3n2)cc1. The summed E-state index contributed by atoms with van der Waals surface area (Å²) < 4.78 is 0.989. The molecule has 166 valence electrons. The molecule has 0 radical (unpaired) electrons. The molecule has 2 aromatic heterocycles. The summed E-state index contributed by atoms with van der Waals surface area (Å²) in [6.07, 6.45) is 3.45. The minimum absolute atomic E-state index is 0.223. The van der Waals surface area contributed by atoms with Crippen molar-refractivity contribution in [3.8, 4) is 5.69 Å². The second-order valence-corrected chi connectivity index (χ2v) is 9.54. The Labute approximate surface area is 201 Å². The van der Waals surface area contributed by atoms with Gasteiger partial charge in [0.2, 0.25) is 0 Å². The first-order valence-corrected chi connectivity index (χ1v) is 12.2. The van der Waals surface area contributed by atoms with Crippen molar-refractivity contribution in [1.29, 1.82) is 0 Å². The summed E-state index contributed by atoms with van der Waals surface area (Å²) in [5.41, 5.74) is 5.33. The summed E-state index contributed by atoms with van der Waals surface area (Å²) in [6.45, 7) is 4.15. The normalized spacial score (nSPS) is 11.4. The van der Waals surface area contributed by atoms with E-state index in [9.17, 15) is 4.79 Å². The largest absolute Gasteiger partial charge is 0.321 e. The Bertz CT molecular complexity index is 1470. The third-order valence-electron chi connectivity index (χ3n) is 5.70. The molecule has 0 unspecified atom stereocenters. The lowest BCUT2D eigenvalue weighted by molar-refractivity contribution is 0.103. The van der Waals surface area contributed by atoms with Gasteiger partial charge in [0.15, 0.2) is 0 Å². The summed E-state index contributed by atoms with van der Waals surface area (Å²) in [4.78, 5) is 15.1. The van der Waals surface area contributed by atoms with Gasteiger partial charge in [0.25, 0.3) is 5.91 Å². The van der Waals surface area contributed by atoms with Crippen molar-refractivity contribution >= 4 is 55.7 Å². The van der Waals surface area contributed by atoms with Crippen molar-refractivity contribution < 1.29 is 4.79 Å². The van der Waals surface area contributed by atoms with Crippen LogP contribution in [0.5, 0.6) is 0 Å². The highest BCUT2D eigenvalue weighted by Crippen LogP contribution is 2.36. The fourth-order valence-electron chi connectivity index (χ4n) is 3.83. The Morgan fingerprint density at radius 2 is 1.79 bits per heavy atom. The highest BCUT2D eigenvalue weighted by molar-refractivity contribution is 7.21. The Balaban J connectivity index is 1.42. The molecule has 1 N–H and O–H groups in total. The van der Waals surface area contributed by atoms with Crippen LogP contribution in [0.3, 0.4) is 0 Å². The monoisotopic (exact) mass is 474 g/mol. The van der Waals surface area contributed by atoms with Crippen LogP contribution in [0.1, 0.15) is 40.6 Å². The van der Waals surface area contributed by atoms with Crippen LogP contribution < -0.4 is 5.32 Å². The summed E-state index contributed by atoms with van der Waals surface area (Å²) >= 11 is 7.88. The zero-order valence-electron chi connectivity index (χ0n) is 18.4. The number of unbranched alkanes of at least 4 members (excludes halogenated alkanes) is 1. The third-order valence-corrected chi connectivity index (χ3v) is 7.38. The third kappa shape index (κ3) is 4.24. The van der Waals surface area contributed by atoms with Gasteiger partial charge in [-0.1, -0.05) is 55.3 Å². The van der Waals surface area contributed by atoms with Crippen molar-refractivity contribution in [1.82, 2.24) is 15.0 Å². The molecule has 0 aliphatic rings. The molecule has 5 aromatic rings. The minimum Gasteiger partial charge on any atom is -0.321 e. The average molecular weight is 475 g/mol. The number of rotatable bonds is 6. The second kappa shape index (κ2) is 8.96. The van der Waals surface area contributed by atoms with Crippen LogP contribution in [-0.4, -0.2) is 20.9 Å². The molecule has 33 heavy (non-hydrogen) atoms. The number of aromatic nitrogens is 3. The van der Waals surface area contributed by atoms with E-state index in [0.29, 0.717) is 21.1 Å². The number of nitrogens with one attached hydrogen (secondary N) is 1. The molecule has 0 spiro atoms. The molecule has 0 saturated heterocycles. The minimum atomic E-state index is -0.223. The van der Waals surface area contributed by atoms with E-state index in [1.807, 2.05) is 55.5 Å². The molecular formula is C26H23ClN4OS. The number of hydrogen-bond acceptors (Lipinski definition) is 4. The summed E-state index contributed by atoms with van der Waals surface area (Å²) in [5, 5.41) is 13.7. The molecule has 5 nitrogen and oxygen atoms in total. The van der Waals surface area contributed by atoms with Crippen LogP contribution in [0.2, 0.25) is 5.02 Å². The zero-order valence-corrected chi connectivity index (χ0v) is 20.0. The number of fused-ring (bicyclic) bond motifs is 2. The van der Waals surface area contributed by atoms with Gasteiger partial charge in [-0.15, -0.1) is 21.5 Å². The molecule has 0 aliphatic heterocycles. The number of amides is 1. The number of hydrogen-bond donors (Lipinski definition) is 1. The molecule has 3 aromatic carbocycles. The van der Waals surface area contributed by atoms with Crippen LogP contribution in [-0.2, 0) is 6.42 Å². The van der Waals surface area contributed by atoms with Crippen LogP contribution in [0.4, 0.5) is 5.69 Å². The van der Waals surface area contributed by atoms with E-state index in [1.54, 1.807) is 4.80 Å². The predicted octanol–water partition coefficient (Wildman–Crippen LogP) is 7.19. The Morgan fingerprint density at radius 3 is 2.52 bits per heavy atom. The van der Waals surface area contributed by atoms with E-state index < -0.39 is 0 Å². The van der Waals surface area contributed by atoms with Gasteiger partial charge in [-0.2, -0.15) is 4.80 Å². The molecule has 0 bridgehead atoms. The van der Waals surface area contributed by atoms with Gasteiger partial charge in [-0.3, -0.25) is 4.79 Å². The average Bonchev–Trinajstić information content (AvgIpc) is 3.39. The van der Waals surface area contributed by atoms with Crippen LogP contribution >= 0.6 is 22.9 Å². The molecule has 0 saturated carbocycles. The lowest BCUT2D eigenvalue weighted by Gasteiger charge is -2.07. The molecule has 0 fully saturated rings. The molecule has 0 atom stereocenters. The van der Waals surface area contributed by atoms with E-state index in [-0.39, 0.29) is 5.91 Å². The van der Waals surface area contributed by atoms with E-state index >= 15 is 0 Å². The first-order chi connectivity index (χ1) is 16.0. The maximum absolute atomic E-state index is 13.0. The standard InChI is InChI=1S/C26H23ClN4OS/c1-3-4-7-17-10-12-18(13-11-17)31-29-21-14-16(2)20(15-22(21)30-31)28-26(32)25-24(27)19-8-5-6-9-23(19)33-25/h5-6,8-15H,3-4,7H2,1-2H3,(H,28,32). The maximum atomic E-state index is 13.0. The lowest BCUT2D eigenvalue weighted by Crippen LogP contribution is -2.11. The molecule has 1 amide bonds. The Morgan fingerprint density at radius 1 is 1.06 bits per heavy atom. The van der Waals surface area contributed by atoms with Gasteiger partial charge in [0.1, 0.15) is 15.9 Å². The number of halogens is 1. The number of benzene rings is 3. The molecule has 2 heterocycles. The van der Waals surface area contributed by atoms with Gasteiger partial charge in [-0.05, 0) is 61.2 Å². The van der Waals surface area contributed by atoms with Gasteiger partial charge in [0.05, 0.1) is 10.7 Å². The first kappa shape index (κ1) is 21.6. The second-order valence-electron chi connectivity index (χ2n) is 8.11. The topological polar surface area (TPSA) is 59.8 Å². The van der Waals surface area contributed by atoms with Crippen molar-refractivity contribution in [2.45, 2.75) is 33.1 Å². The number of nitrogens with zero attached hydrogens (tertiary/aromatic N) is 3. The Hall–Kier alpha value is -3.22. The number of carbonyl (C=O) groups is 1. The van der Waals surface area contributed by atoms with E-state index in [4.69, 9.17) is 11.6 Å². The summed E-state index contributed by atoms with van der Waals surface area (Å²) in [7, 11) is 0. The highest BCUT2D eigenvalue weighted by atomic mass is 35.5. The number of aryl methyl sites for hydroxylation is 2. The quantitative estimate of drug-likeness (QED) is 0.283. The fraction of sp³-hybridized carbons (Fsp3) is 0.192. The van der Waals surface area contributed by atoms with Crippen molar-refractivity contribution in [3.05, 3.63) is 81.7 Å². The van der Waals surface area contributed by atoms with Gasteiger partial charge >= 0.3 is 0 Å². The number of carbonyl (C=O) groups excluding carboxylic acids is 1. The maximum Gasteiger partial charge on any atom is 0.267 e. The molecular weight excluding hydrogens is 452 g/mol. The molecule has 5 rings (SSSR count). The lowest BCUT2D eigenvalue weighted by atomic mass is 10.1. The summed E-state index contributed by atoms with van der Waals surface area (Å²) in [5.74, 6) is -0.223. The molecule has 7 heteroatoms. The van der Waals surface area contributed by atoms with E-state index in [1.165, 1.54) is 29.7 Å². The van der Waals surface area contributed by atoms with Crippen LogP contribution in [0.25, 0.3) is 26.8 Å². The number of anilines is 1. The first-order valence-electron chi connectivity index (χ1n) is 11.0. The summed E-state index contributed by atoms with van der Waals surface area (Å²) in [6, 6.07) is 19.9. The highest BCUT2D eigenvalue weighted by Gasteiger charge is 2.18. The van der Waals surface area contributed by atoms with Gasteiger partial charge in [-0.25, -0.2) is 0 Å². The fourth-order valence-corrected chi connectivity index (χ4v) is 5.25. The smallest absolute Gasteiger partial charge is 0.267 e. The zero-order chi connectivity index (χ0) is 22.9. The van der Waals surface area contributed by atoms with Gasteiger partial charge < -0.3 is 5.32 Å². The van der Waals surface area contributed by atoms with Crippen molar-refractivity contribution in [3.63, 3.8) is 0 Å². The van der Waals surface area contributed by atoms with Crippen molar-refractivity contribution in [2.24, 2.45) is 0 Å². The molecule has 0 aliphatic carbocycles. The van der Waals surface area contributed by atoms with E-state index in [2.05, 4.69) is 34.6 Å². The van der Waals surface area contributed by atoms with Crippen molar-refractivity contribution in [2.75, 3.05) is 5.32 Å². The van der Waals surface area contributed by atoms with E-state index in [0.717, 1.165) is 33.3 Å². The van der Waals surface area contributed by atoms with Crippen LogP contribution in [0.15, 0.2) is 60.7 Å². The number of thiophene rings is 1. The van der Waals surface area contributed by atoms with Crippen LogP contribution in [0, 0.1) is 6.92 Å². The Kier molecular flexibility index (Phi) is 5.87.